The summed E-state index contributed by atoms with van der Waals surface area (Å²) in [7, 11) is 0. The summed E-state index contributed by atoms with van der Waals surface area (Å²) in [5.41, 5.74) is 3.46. The first kappa shape index (κ1) is 19.8. The van der Waals surface area contributed by atoms with Crippen LogP contribution in [0.2, 0.25) is 0 Å². The number of anilines is 1. The van der Waals surface area contributed by atoms with Gasteiger partial charge >= 0.3 is 0 Å². The Morgan fingerprint density at radius 2 is 1.88 bits per heavy atom. The van der Waals surface area contributed by atoms with E-state index >= 15 is 0 Å². The van der Waals surface area contributed by atoms with Crippen LogP contribution in [0.5, 0.6) is 0 Å². The number of aryl methyl sites for hydroxylation is 2. The minimum absolute atomic E-state index is 0. The molecule has 0 radical (unpaired) electrons. The summed E-state index contributed by atoms with van der Waals surface area (Å²) in [4.78, 5) is 12.1. The van der Waals surface area contributed by atoms with Gasteiger partial charge in [0, 0.05) is 12.0 Å². The van der Waals surface area contributed by atoms with Crippen molar-refractivity contribution in [2.75, 3.05) is 18.4 Å². The van der Waals surface area contributed by atoms with E-state index < -0.39 is 0 Å². The van der Waals surface area contributed by atoms with Crippen LogP contribution in [-0.2, 0) is 4.79 Å². The van der Waals surface area contributed by atoms with Crippen molar-refractivity contribution in [1.29, 1.82) is 0 Å². The number of piperidine rings is 1. The van der Waals surface area contributed by atoms with E-state index in [1.54, 1.807) is 0 Å². The highest BCUT2D eigenvalue weighted by Crippen LogP contribution is 2.28. The summed E-state index contributed by atoms with van der Waals surface area (Å²) in [5, 5.41) is 16.0. The number of nitrogens with zero attached hydrogens (tertiary/aromatic N) is 2. The molecule has 5 nitrogen and oxygen atoms in total. The zero-order chi connectivity index (χ0) is 16.9. The van der Waals surface area contributed by atoms with Gasteiger partial charge in [-0.2, -0.15) is 0 Å². The van der Waals surface area contributed by atoms with Crippen LogP contribution in [0.4, 0.5) is 5.13 Å². The molecule has 25 heavy (non-hydrogen) atoms. The van der Waals surface area contributed by atoms with Crippen LogP contribution in [0.25, 0.3) is 10.6 Å². The quantitative estimate of drug-likeness (QED) is 0.823. The Bertz CT molecular complexity index is 693. The largest absolute Gasteiger partial charge is 0.317 e. The highest BCUT2D eigenvalue weighted by atomic mass is 35.5. The maximum Gasteiger partial charge on any atom is 0.226 e. The third-order valence-electron chi connectivity index (χ3n) is 4.38. The molecule has 7 heteroatoms. The van der Waals surface area contributed by atoms with Gasteiger partial charge in [-0.15, -0.1) is 22.6 Å². The minimum atomic E-state index is 0. The first-order chi connectivity index (χ1) is 11.6. The average molecular weight is 381 g/mol. The van der Waals surface area contributed by atoms with Crippen LogP contribution < -0.4 is 10.6 Å². The fraction of sp³-hybridized carbons (Fsp3) is 0.500. The zero-order valence-electron chi connectivity index (χ0n) is 14.7. The normalized spacial score (nSPS) is 14.8. The summed E-state index contributed by atoms with van der Waals surface area (Å²) >= 11 is 1.43. The number of hydrogen-bond acceptors (Lipinski definition) is 5. The number of rotatable bonds is 5. The fourth-order valence-electron chi connectivity index (χ4n) is 3.18. The summed E-state index contributed by atoms with van der Waals surface area (Å²) < 4.78 is 0. The molecule has 1 fully saturated rings. The van der Waals surface area contributed by atoms with Crippen molar-refractivity contribution in [3.8, 4) is 10.6 Å². The Balaban J connectivity index is 0.00000225. The molecule has 2 N–H and O–H groups in total. The first-order valence-electron chi connectivity index (χ1n) is 8.53. The van der Waals surface area contributed by atoms with Crippen LogP contribution in [0.1, 0.15) is 36.8 Å². The lowest BCUT2D eigenvalue weighted by Crippen LogP contribution is -2.28. The second-order valence-electron chi connectivity index (χ2n) is 6.57. The molecule has 0 unspecified atom stereocenters. The third-order valence-corrected chi connectivity index (χ3v) is 5.27. The topological polar surface area (TPSA) is 66.9 Å². The van der Waals surface area contributed by atoms with E-state index in [-0.39, 0.29) is 18.3 Å². The Morgan fingerprint density at radius 3 is 2.56 bits per heavy atom. The van der Waals surface area contributed by atoms with Crippen molar-refractivity contribution in [3.05, 3.63) is 29.3 Å². The summed E-state index contributed by atoms with van der Waals surface area (Å²) in [6.45, 7) is 6.28. The maximum absolute atomic E-state index is 12.1. The van der Waals surface area contributed by atoms with Crippen molar-refractivity contribution in [3.63, 3.8) is 0 Å². The number of amides is 1. The molecule has 1 amide bonds. The van der Waals surface area contributed by atoms with E-state index in [9.17, 15) is 4.79 Å². The first-order valence-corrected chi connectivity index (χ1v) is 9.34. The molecule has 0 saturated carbocycles. The van der Waals surface area contributed by atoms with Gasteiger partial charge in [0.2, 0.25) is 11.0 Å². The highest BCUT2D eigenvalue weighted by molar-refractivity contribution is 7.18. The Morgan fingerprint density at radius 1 is 1.20 bits per heavy atom. The van der Waals surface area contributed by atoms with Crippen LogP contribution in [-0.4, -0.2) is 29.2 Å². The predicted molar refractivity (Wildman–Crippen MR) is 106 cm³/mol. The Labute approximate surface area is 159 Å². The lowest BCUT2D eigenvalue weighted by molar-refractivity contribution is -0.116. The fourth-order valence-corrected chi connectivity index (χ4v) is 3.92. The Hall–Kier alpha value is -1.50. The van der Waals surface area contributed by atoms with E-state index in [0.29, 0.717) is 17.5 Å². The molecule has 2 heterocycles. The highest BCUT2D eigenvalue weighted by Gasteiger charge is 2.15. The molecular weight excluding hydrogens is 356 g/mol. The van der Waals surface area contributed by atoms with E-state index in [1.807, 2.05) is 0 Å². The van der Waals surface area contributed by atoms with Crippen molar-refractivity contribution in [2.45, 2.75) is 39.5 Å². The molecule has 0 atom stereocenters. The molecule has 1 aliphatic rings. The lowest BCUT2D eigenvalue weighted by atomic mass is 9.93. The average Bonchev–Trinajstić information content (AvgIpc) is 3.01. The second kappa shape index (κ2) is 9.27. The molecule has 136 valence electrons. The molecule has 0 bridgehead atoms. The molecule has 0 spiro atoms. The standard InChI is InChI=1S/C18H24N4OS.ClH/c1-12-9-13(2)11-15(10-12)17-21-22-18(24-17)20-16(23)4-3-14-5-7-19-8-6-14;/h9-11,14,19H,3-8H2,1-2H3,(H,20,22,23);1H. The number of benzene rings is 1. The Kier molecular flexibility index (Phi) is 7.35. The van der Waals surface area contributed by atoms with E-state index in [1.165, 1.54) is 35.3 Å². The van der Waals surface area contributed by atoms with Gasteiger partial charge in [-0.25, -0.2) is 0 Å². The summed E-state index contributed by atoms with van der Waals surface area (Å²) in [5.74, 6) is 0.703. The third kappa shape index (κ3) is 5.76. The van der Waals surface area contributed by atoms with Crippen LogP contribution in [0.15, 0.2) is 18.2 Å². The second-order valence-corrected chi connectivity index (χ2v) is 7.55. The van der Waals surface area contributed by atoms with Crippen molar-refractivity contribution in [2.24, 2.45) is 5.92 Å². The molecule has 3 rings (SSSR count). The lowest BCUT2D eigenvalue weighted by Gasteiger charge is -2.21. The van der Waals surface area contributed by atoms with Gasteiger partial charge in [0.25, 0.3) is 0 Å². The van der Waals surface area contributed by atoms with Gasteiger partial charge in [-0.3, -0.25) is 4.79 Å². The summed E-state index contributed by atoms with van der Waals surface area (Å²) in [6.07, 6.45) is 3.85. The maximum atomic E-state index is 12.1. The van der Waals surface area contributed by atoms with Crippen molar-refractivity contribution in [1.82, 2.24) is 15.5 Å². The molecule has 1 aromatic carbocycles. The number of nitrogens with one attached hydrogen (secondary N) is 2. The number of carbonyl (C=O) groups excluding carboxylic acids is 1. The van der Waals surface area contributed by atoms with E-state index in [2.05, 4.69) is 52.9 Å². The van der Waals surface area contributed by atoms with Crippen LogP contribution in [0, 0.1) is 19.8 Å². The van der Waals surface area contributed by atoms with Crippen molar-refractivity contribution < 1.29 is 4.79 Å². The summed E-state index contributed by atoms with van der Waals surface area (Å²) in [6, 6.07) is 6.32. The van der Waals surface area contributed by atoms with Gasteiger partial charge < -0.3 is 10.6 Å². The molecule has 1 aliphatic heterocycles. The van der Waals surface area contributed by atoms with Crippen molar-refractivity contribution >= 4 is 34.8 Å². The smallest absolute Gasteiger partial charge is 0.226 e. The van der Waals surface area contributed by atoms with Crippen LogP contribution in [0.3, 0.4) is 0 Å². The molecule has 0 aliphatic carbocycles. The number of halogens is 1. The SMILES string of the molecule is Cc1cc(C)cc(-c2nnc(NC(=O)CCC3CCNCC3)s2)c1.Cl. The molecule has 1 aromatic heterocycles. The number of aromatic nitrogens is 2. The van der Waals surface area contributed by atoms with Gasteiger partial charge in [0.15, 0.2) is 0 Å². The number of carbonyl (C=O) groups is 1. The number of hydrogen-bond donors (Lipinski definition) is 2. The minimum Gasteiger partial charge on any atom is -0.317 e. The molecular formula is C18H25ClN4OS. The molecule has 1 saturated heterocycles. The van der Waals surface area contributed by atoms with Gasteiger partial charge in [-0.1, -0.05) is 28.5 Å². The zero-order valence-corrected chi connectivity index (χ0v) is 16.3. The predicted octanol–water partition coefficient (Wildman–Crippen LogP) is 3.96. The molecule has 2 aromatic rings. The van der Waals surface area contributed by atoms with Gasteiger partial charge in [0.1, 0.15) is 5.01 Å². The monoisotopic (exact) mass is 380 g/mol. The van der Waals surface area contributed by atoms with E-state index in [4.69, 9.17) is 0 Å². The van der Waals surface area contributed by atoms with Crippen LogP contribution >= 0.6 is 23.7 Å². The van der Waals surface area contributed by atoms with Gasteiger partial charge in [0.05, 0.1) is 0 Å². The van der Waals surface area contributed by atoms with E-state index in [0.717, 1.165) is 30.1 Å². The van der Waals surface area contributed by atoms with Gasteiger partial charge in [-0.05, 0) is 64.3 Å².